The van der Waals surface area contributed by atoms with Crippen LogP contribution in [0, 0.1) is 0 Å². The summed E-state index contributed by atoms with van der Waals surface area (Å²) in [7, 11) is 1.78. The number of carbonyl (C=O) groups excluding carboxylic acids is 1. The molecule has 0 saturated carbocycles. The molecule has 0 unspecified atom stereocenters. The molecule has 0 saturated heterocycles. The van der Waals surface area contributed by atoms with E-state index in [1.807, 2.05) is 42.5 Å². The fraction of sp³-hybridized carbons (Fsp3) is 0.130. The number of aromatic nitrogens is 2. The van der Waals surface area contributed by atoms with Gasteiger partial charge in [-0.15, -0.1) is 0 Å². The lowest BCUT2D eigenvalue weighted by Gasteiger charge is -2.17. The van der Waals surface area contributed by atoms with Crippen LogP contribution >= 0.6 is 0 Å². The maximum atomic E-state index is 12.8. The Morgan fingerprint density at radius 2 is 1.86 bits per heavy atom. The fourth-order valence-electron chi connectivity index (χ4n) is 3.29. The third-order valence-corrected chi connectivity index (χ3v) is 4.83. The quantitative estimate of drug-likeness (QED) is 0.525. The summed E-state index contributed by atoms with van der Waals surface area (Å²) in [5.74, 6) is 0.639. The van der Waals surface area contributed by atoms with Crippen LogP contribution in [0.3, 0.4) is 0 Å². The molecule has 4 rings (SSSR count). The topological polar surface area (TPSA) is 61.0 Å². The number of para-hydroxylation sites is 2. The van der Waals surface area contributed by atoms with Crippen molar-refractivity contribution in [3.63, 3.8) is 0 Å². The molecule has 5 heteroatoms. The Morgan fingerprint density at radius 3 is 2.71 bits per heavy atom. The molecule has 5 nitrogen and oxygen atoms in total. The van der Waals surface area contributed by atoms with Gasteiger partial charge in [-0.05, 0) is 42.3 Å². The maximum absolute atomic E-state index is 12.8. The Kier molecular flexibility index (Phi) is 5.06. The molecule has 0 aliphatic rings. The molecule has 2 heterocycles. The van der Waals surface area contributed by atoms with Crippen molar-refractivity contribution in [2.75, 3.05) is 23.8 Å². The number of nitrogens with zero attached hydrogens (tertiary/aromatic N) is 2. The molecular formula is C23H22N4O. The number of hydrogen-bond acceptors (Lipinski definition) is 3. The molecule has 0 aliphatic carbocycles. The zero-order valence-corrected chi connectivity index (χ0v) is 15.7. The van der Waals surface area contributed by atoms with Gasteiger partial charge >= 0.3 is 0 Å². The number of amides is 1. The number of pyridine rings is 1. The van der Waals surface area contributed by atoms with Crippen molar-refractivity contribution in [3.8, 4) is 0 Å². The van der Waals surface area contributed by atoms with Crippen LogP contribution in [0.15, 0.2) is 79.1 Å². The monoisotopic (exact) mass is 370 g/mol. The van der Waals surface area contributed by atoms with Crippen molar-refractivity contribution in [2.45, 2.75) is 6.42 Å². The molecule has 0 atom stereocenters. The van der Waals surface area contributed by atoms with Crippen LogP contribution in [-0.2, 0) is 6.42 Å². The molecule has 0 bridgehead atoms. The summed E-state index contributed by atoms with van der Waals surface area (Å²) in [5, 5.41) is 4.57. The zero-order chi connectivity index (χ0) is 19.3. The lowest BCUT2D eigenvalue weighted by molar-refractivity contribution is 0.0993. The highest BCUT2D eigenvalue weighted by Crippen LogP contribution is 2.19. The van der Waals surface area contributed by atoms with E-state index in [1.165, 1.54) is 10.9 Å². The third-order valence-electron chi connectivity index (χ3n) is 4.83. The van der Waals surface area contributed by atoms with E-state index in [2.05, 4.69) is 33.6 Å². The Labute approximate surface area is 164 Å². The van der Waals surface area contributed by atoms with Gasteiger partial charge in [-0.2, -0.15) is 0 Å². The molecule has 2 aromatic heterocycles. The second-order valence-corrected chi connectivity index (χ2v) is 6.67. The number of anilines is 2. The van der Waals surface area contributed by atoms with Crippen LogP contribution in [0.25, 0.3) is 10.9 Å². The van der Waals surface area contributed by atoms with E-state index in [1.54, 1.807) is 30.3 Å². The predicted octanol–water partition coefficient (Wildman–Crippen LogP) is 4.49. The van der Waals surface area contributed by atoms with Gasteiger partial charge in [0.25, 0.3) is 5.91 Å². The molecule has 1 amide bonds. The summed E-state index contributed by atoms with van der Waals surface area (Å²) in [4.78, 5) is 22.1. The van der Waals surface area contributed by atoms with Crippen molar-refractivity contribution >= 4 is 28.3 Å². The van der Waals surface area contributed by atoms with Gasteiger partial charge in [0.1, 0.15) is 5.82 Å². The number of nitrogens with one attached hydrogen (secondary N) is 2. The summed E-state index contributed by atoms with van der Waals surface area (Å²) >= 11 is 0. The summed E-state index contributed by atoms with van der Waals surface area (Å²) in [5.41, 5.74) is 3.88. The van der Waals surface area contributed by atoms with Gasteiger partial charge in [0.05, 0.1) is 0 Å². The van der Waals surface area contributed by atoms with Crippen LogP contribution in [-0.4, -0.2) is 29.5 Å². The van der Waals surface area contributed by atoms with Crippen molar-refractivity contribution in [1.82, 2.24) is 9.97 Å². The molecule has 0 spiro atoms. The standard InChI is InChI=1S/C23H22N4O/c1-27(19-7-3-2-4-8-19)23(28)17-11-13-24-22(15-17)25-14-12-18-16-26-21-10-6-5-9-20(18)21/h2-11,13,15-16,26H,12,14H2,1H3,(H,24,25). The van der Waals surface area contributed by atoms with Crippen molar-refractivity contribution < 1.29 is 4.79 Å². The second kappa shape index (κ2) is 7.96. The summed E-state index contributed by atoms with van der Waals surface area (Å²) in [6.45, 7) is 0.737. The van der Waals surface area contributed by atoms with E-state index >= 15 is 0 Å². The van der Waals surface area contributed by atoms with Crippen molar-refractivity contribution in [2.24, 2.45) is 0 Å². The molecule has 2 N–H and O–H groups in total. The Bertz CT molecular complexity index is 1090. The van der Waals surface area contributed by atoms with E-state index in [-0.39, 0.29) is 5.91 Å². The van der Waals surface area contributed by atoms with Gasteiger partial charge in [0.15, 0.2) is 0 Å². The van der Waals surface area contributed by atoms with Gasteiger partial charge < -0.3 is 15.2 Å². The predicted molar refractivity (Wildman–Crippen MR) is 114 cm³/mol. The average molecular weight is 370 g/mol. The summed E-state index contributed by atoms with van der Waals surface area (Å²) in [6.07, 6.45) is 4.59. The van der Waals surface area contributed by atoms with E-state index in [0.717, 1.165) is 24.2 Å². The molecule has 140 valence electrons. The molecule has 4 aromatic rings. The zero-order valence-electron chi connectivity index (χ0n) is 15.7. The van der Waals surface area contributed by atoms with Gasteiger partial charge in [-0.1, -0.05) is 36.4 Å². The highest BCUT2D eigenvalue weighted by molar-refractivity contribution is 6.06. The summed E-state index contributed by atoms with van der Waals surface area (Å²) in [6, 6.07) is 21.4. The minimum absolute atomic E-state index is 0.0618. The van der Waals surface area contributed by atoms with E-state index < -0.39 is 0 Å². The number of fused-ring (bicyclic) bond motifs is 1. The van der Waals surface area contributed by atoms with Gasteiger partial charge in [-0.3, -0.25) is 4.79 Å². The SMILES string of the molecule is CN(C(=O)c1ccnc(NCCc2c[nH]c3ccccc23)c1)c1ccccc1. The van der Waals surface area contributed by atoms with Gasteiger partial charge in [-0.25, -0.2) is 4.98 Å². The number of benzene rings is 2. The third kappa shape index (κ3) is 3.74. The Balaban J connectivity index is 1.42. The molecule has 0 fully saturated rings. The largest absolute Gasteiger partial charge is 0.370 e. The first-order valence-electron chi connectivity index (χ1n) is 9.30. The number of carbonyl (C=O) groups is 1. The molecule has 2 aromatic carbocycles. The Morgan fingerprint density at radius 1 is 1.07 bits per heavy atom. The smallest absolute Gasteiger partial charge is 0.258 e. The molecular weight excluding hydrogens is 348 g/mol. The average Bonchev–Trinajstić information content (AvgIpc) is 3.17. The number of aromatic amines is 1. The van der Waals surface area contributed by atoms with E-state index in [9.17, 15) is 4.79 Å². The summed E-state index contributed by atoms with van der Waals surface area (Å²) < 4.78 is 0. The van der Waals surface area contributed by atoms with Gasteiger partial charge in [0.2, 0.25) is 0 Å². The first-order chi connectivity index (χ1) is 13.7. The van der Waals surface area contributed by atoms with Gasteiger partial charge in [0, 0.05) is 48.1 Å². The first kappa shape index (κ1) is 17.8. The van der Waals surface area contributed by atoms with Crippen LogP contribution in [0.5, 0.6) is 0 Å². The van der Waals surface area contributed by atoms with Crippen molar-refractivity contribution in [1.29, 1.82) is 0 Å². The minimum atomic E-state index is -0.0618. The van der Waals surface area contributed by atoms with Crippen molar-refractivity contribution in [3.05, 3.63) is 90.3 Å². The van der Waals surface area contributed by atoms with Crippen LogP contribution in [0.4, 0.5) is 11.5 Å². The lowest BCUT2D eigenvalue weighted by Crippen LogP contribution is -2.26. The van der Waals surface area contributed by atoms with Crippen LogP contribution in [0.2, 0.25) is 0 Å². The molecule has 28 heavy (non-hydrogen) atoms. The van der Waals surface area contributed by atoms with Crippen LogP contribution < -0.4 is 10.2 Å². The highest BCUT2D eigenvalue weighted by atomic mass is 16.2. The molecule has 0 radical (unpaired) electrons. The van der Waals surface area contributed by atoms with Crippen LogP contribution in [0.1, 0.15) is 15.9 Å². The Hall–Kier alpha value is -3.60. The maximum Gasteiger partial charge on any atom is 0.258 e. The highest BCUT2D eigenvalue weighted by Gasteiger charge is 2.14. The lowest BCUT2D eigenvalue weighted by atomic mass is 10.1. The van der Waals surface area contributed by atoms with E-state index in [0.29, 0.717) is 11.4 Å². The fourth-order valence-corrected chi connectivity index (χ4v) is 3.29. The minimum Gasteiger partial charge on any atom is -0.370 e. The normalized spacial score (nSPS) is 10.8. The number of H-pyrrole nitrogens is 1. The number of hydrogen-bond donors (Lipinski definition) is 2. The first-order valence-corrected chi connectivity index (χ1v) is 9.30. The number of rotatable bonds is 6. The molecule has 0 aliphatic heterocycles. The second-order valence-electron chi connectivity index (χ2n) is 6.67. The van der Waals surface area contributed by atoms with E-state index in [4.69, 9.17) is 0 Å².